The number of anilines is 1. The van der Waals surface area contributed by atoms with Crippen LogP contribution in [0.2, 0.25) is 0 Å². The maximum atomic E-state index is 11.9. The number of aryl methyl sites for hydroxylation is 1. The van der Waals surface area contributed by atoms with Gasteiger partial charge in [-0.15, -0.1) is 0 Å². The van der Waals surface area contributed by atoms with Gasteiger partial charge in [0.1, 0.15) is 12.6 Å². The fraction of sp³-hybridized carbons (Fsp3) is 0.133. The zero-order valence-electron chi connectivity index (χ0n) is 11.0. The second-order valence-corrected chi connectivity index (χ2v) is 4.38. The van der Waals surface area contributed by atoms with E-state index in [1.165, 1.54) is 10.6 Å². The molecule has 100 valence electrons. The monoisotopic (exact) mass is 267 g/mol. The topological polar surface area (TPSA) is 74.9 Å². The first kappa shape index (κ1) is 13.6. The van der Waals surface area contributed by atoms with Gasteiger partial charge in [-0.25, -0.2) is 0 Å². The van der Waals surface area contributed by atoms with Gasteiger partial charge in [-0.3, -0.25) is 9.59 Å². The summed E-state index contributed by atoms with van der Waals surface area (Å²) in [7, 11) is 0. The van der Waals surface area contributed by atoms with E-state index in [1.807, 2.05) is 13.0 Å². The van der Waals surface area contributed by atoms with E-state index in [0.717, 1.165) is 5.56 Å². The maximum Gasteiger partial charge on any atom is 0.251 e. The lowest BCUT2D eigenvalue weighted by atomic mass is 10.2. The molecule has 1 heterocycles. The summed E-state index contributed by atoms with van der Waals surface area (Å²) in [5, 5.41) is 11.6. The Labute approximate surface area is 116 Å². The number of carbonyl (C=O) groups is 1. The minimum atomic E-state index is -0.348. The Hall–Kier alpha value is -2.87. The van der Waals surface area contributed by atoms with Crippen LogP contribution in [0, 0.1) is 18.3 Å². The van der Waals surface area contributed by atoms with E-state index in [9.17, 15) is 9.59 Å². The van der Waals surface area contributed by atoms with E-state index in [-0.39, 0.29) is 18.0 Å². The Morgan fingerprint density at radius 1 is 1.35 bits per heavy atom. The van der Waals surface area contributed by atoms with Crippen LogP contribution >= 0.6 is 0 Å². The lowest BCUT2D eigenvalue weighted by Gasteiger charge is -2.08. The minimum Gasteiger partial charge on any atom is -0.323 e. The molecule has 0 saturated carbocycles. The van der Waals surface area contributed by atoms with Crippen LogP contribution in [0.25, 0.3) is 0 Å². The van der Waals surface area contributed by atoms with Crippen molar-refractivity contribution in [3.63, 3.8) is 0 Å². The molecule has 0 aliphatic carbocycles. The average Bonchev–Trinajstić information content (AvgIpc) is 2.42. The van der Waals surface area contributed by atoms with Crippen molar-refractivity contribution in [3.05, 3.63) is 64.1 Å². The highest BCUT2D eigenvalue weighted by atomic mass is 16.2. The third-order valence-corrected chi connectivity index (χ3v) is 2.79. The first-order chi connectivity index (χ1) is 9.60. The number of aromatic nitrogens is 1. The van der Waals surface area contributed by atoms with Crippen molar-refractivity contribution in [3.8, 4) is 6.07 Å². The molecule has 1 amide bonds. The molecule has 0 aliphatic heterocycles. The van der Waals surface area contributed by atoms with Crippen LogP contribution in [0.15, 0.2) is 47.4 Å². The smallest absolute Gasteiger partial charge is 0.251 e. The summed E-state index contributed by atoms with van der Waals surface area (Å²) < 4.78 is 1.32. The number of amides is 1. The van der Waals surface area contributed by atoms with Gasteiger partial charge < -0.3 is 9.88 Å². The van der Waals surface area contributed by atoms with E-state index in [2.05, 4.69) is 5.32 Å². The van der Waals surface area contributed by atoms with E-state index >= 15 is 0 Å². The first-order valence-corrected chi connectivity index (χ1v) is 6.06. The van der Waals surface area contributed by atoms with Gasteiger partial charge in [-0.1, -0.05) is 12.1 Å². The molecule has 1 aromatic heterocycles. The number of nitriles is 1. The molecule has 0 unspecified atom stereocenters. The molecule has 0 fully saturated rings. The zero-order chi connectivity index (χ0) is 14.5. The quantitative estimate of drug-likeness (QED) is 0.919. The standard InChI is InChI=1S/C15H13N3O2/c1-11-6-7-18(15(20)8-11)10-14(19)17-13-5-3-2-4-12(13)9-16/h2-8H,10H2,1H3,(H,17,19). The number of rotatable bonds is 3. The Kier molecular flexibility index (Phi) is 3.96. The van der Waals surface area contributed by atoms with Crippen molar-refractivity contribution in [2.24, 2.45) is 0 Å². The van der Waals surface area contributed by atoms with Crippen molar-refractivity contribution in [1.29, 1.82) is 5.26 Å². The molecule has 0 atom stereocenters. The van der Waals surface area contributed by atoms with Crippen molar-refractivity contribution < 1.29 is 4.79 Å². The molecule has 0 radical (unpaired) electrons. The predicted octanol–water partition coefficient (Wildman–Crippen LogP) is 1.67. The predicted molar refractivity (Wildman–Crippen MR) is 75.2 cm³/mol. The molecule has 5 nitrogen and oxygen atoms in total. The van der Waals surface area contributed by atoms with Crippen LogP contribution < -0.4 is 10.9 Å². The summed E-state index contributed by atoms with van der Waals surface area (Å²) in [5.41, 5.74) is 1.45. The Bertz CT molecular complexity index is 741. The molecule has 20 heavy (non-hydrogen) atoms. The zero-order valence-corrected chi connectivity index (χ0v) is 11.0. The Morgan fingerprint density at radius 2 is 2.10 bits per heavy atom. The number of nitrogens with one attached hydrogen (secondary N) is 1. The van der Waals surface area contributed by atoms with Gasteiger partial charge in [-0.2, -0.15) is 5.26 Å². The second kappa shape index (κ2) is 5.85. The summed E-state index contributed by atoms with van der Waals surface area (Å²) in [6.07, 6.45) is 1.58. The summed E-state index contributed by atoms with van der Waals surface area (Å²) in [6, 6.07) is 11.9. The van der Waals surface area contributed by atoms with Crippen LogP contribution in [0.1, 0.15) is 11.1 Å². The molecule has 2 rings (SSSR count). The van der Waals surface area contributed by atoms with Gasteiger partial charge in [0.25, 0.3) is 5.56 Å². The summed E-state index contributed by atoms with van der Waals surface area (Å²) in [6.45, 7) is 1.73. The highest BCUT2D eigenvalue weighted by Crippen LogP contribution is 2.13. The maximum absolute atomic E-state index is 11.9. The number of hydrogen-bond donors (Lipinski definition) is 1. The third-order valence-electron chi connectivity index (χ3n) is 2.79. The van der Waals surface area contributed by atoms with Crippen molar-refractivity contribution >= 4 is 11.6 Å². The van der Waals surface area contributed by atoms with Gasteiger partial charge in [0.2, 0.25) is 5.91 Å². The Balaban J connectivity index is 2.14. The van der Waals surface area contributed by atoms with Crippen LogP contribution in [0.3, 0.4) is 0 Å². The lowest BCUT2D eigenvalue weighted by Crippen LogP contribution is -2.27. The Morgan fingerprint density at radius 3 is 2.80 bits per heavy atom. The molecule has 0 saturated heterocycles. The van der Waals surface area contributed by atoms with Crippen molar-refractivity contribution in [2.75, 3.05) is 5.32 Å². The van der Waals surface area contributed by atoms with Crippen LogP contribution in [-0.2, 0) is 11.3 Å². The second-order valence-electron chi connectivity index (χ2n) is 4.38. The van der Waals surface area contributed by atoms with Gasteiger partial charge in [-0.05, 0) is 30.7 Å². The molecule has 0 bridgehead atoms. The largest absolute Gasteiger partial charge is 0.323 e. The summed E-state index contributed by atoms with van der Waals surface area (Å²) in [4.78, 5) is 23.6. The molecule has 1 N–H and O–H groups in total. The van der Waals surface area contributed by atoms with Gasteiger partial charge >= 0.3 is 0 Å². The number of hydrogen-bond acceptors (Lipinski definition) is 3. The molecule has 1 aromatic carbocycles. The molecule has 5 heteroatoms. The minimum absolute atomic E-state index is 0.0844. The average molecular weight is 267 g/mol. The highest BCUT2D eigenvalue weighted by Gasteiger charge is 2.07. The summed E-state index contributed by atoms with van der Waals surface area (Å²) in [5.74, 6) is -0.348. The van der Waals surface area contributed by atoms with Crippen molar-refractivity contribution in [1.82, 2.24) is 4.57 Å². The lowest BCUT2D eigenvalue weighted by molar-refractivity contribution is -0.116. The van der Waals surface area contributed by atoms with Crippen molar-refractivity contribution in [2.45, 2.75) is 13.5 Å². The van der Waals surface area contributed by atoms with E-state index in [1.54, 1.807) is 36.5 Å². The van der Waals surface area contributed by atoms with Crippen LogP contribution in [0.4, 0.5) is 5.69 Å². The number of pyridine rings is 1. The highest BCUT2D eigenvalue weighted by molar-refractivity contribution is 5.91. The number of carbonyl (C=O) groups excluding carboxylic acids is 1. The normalized spacial score (nSPS) is 9.80. The molecule has 0 aliphatic rings. The fourth-order valence-corrected chi connectivity index (χ4v) is 1.77. The van der Waals surface area contributed by atoms with Crippen LogP contribution in [-0.4, -0.2) is 10.5 Å². The number of nitrogens with zero attached hydrogens (tertiary/aromatic N) is 2. The first-order valence-electron chi connectivity index (χ1n) is 6.06. The SMILES string of the molecule is Cc1ccn(CC(=O)Nc2ccccc2C#N)c(=O)c1. The van der Waals surface area contributed by atoms with Gasteiger partial charge in [0, 0.05) is 12.3 Å². The van der Waals surface area contributed by atoms with Gasteiger partial charge in [0.05, 0.1) is 11.3 Å². The molecule has 0 spiro atoms. The number of para-hydroxylation sites is 1. The molecule has 2 aromatic rings. The summed E-state index contributed by atoms with van der Waals surface area (Å²) >= 11 is 0. The molecular formula is C15H13N3O2. The van der Waals surface area contributed by atoms with Gasteiger partial charge in [0.15, 0.2) is 0 Å². The van der Waals surface area contributed by atoms with Crippen LogP contribution in [0.5, 0.6) is 0 Å². The third kappa shape index (κ3) is 3.12. The van der Waals surface area contributed by atoms with E-state index < -0.39 is 0 Å². The van der Waals surface area contributed by atoms with E-state index in [4.69, 9.17) is 5.26 Å². The molecular weight excluding hydrogens is 254 g/mol. The number of benzene rings is 1. The fourth-order valence-electron chi connectivity index (χ4n) is 1.77. The van der Waals surface area contributed by atoms with E-state index in [0.29, 0.717) is 11.3 Å².